The van der Waals surface area contributed by atoms with Gasteiger partial charge in [-0.15, -0.1) is 0 Å². The number of aromatic nitrogens is 2. The molecule has 0 saturated heterocycles. The number of aliphatic hydroxyl groups excluding tert-OH is 1. The topological polar surface area (TPSA) is 69.8 Å². The van der Waals surface area contributed by atoms with Crippen molar-refractivity contribution < 1.29 is 5.11 Å². The molecule has 0 bridgehead atoms. The van der Waals surface area contributed by atoms with Crippen LogP contribution in [-0.2, 0) is 12.0 Å². The van der Waals surface area contributed by atoms with Gasteiger partial charge in [-0.2, -0.15) is 5.26 Å². The van der Waals surface area contributed by atoms with E-state index < -0.39 is 0 Å². The van der Waals surface area contributed by atoms with Gasteiger partial charge in [0.1, 0.15) is 6.07 Å². The van der Waals surface area contributed by atoms with Crippen molar-refractivity contribution in [2.24, 2.45) is 0 Å². The maximum Gasteiger partial charge on any atom is 0.162 e. The van der Waals surface area contributed by atoms with Crippen LogP contribution in [0.15, 0.2) is 6.20 Å². The lowest BCUT2D eigenvalue weighted by Gasteiger charge is -2.18. The molecular formula is C10H13N3O. The van der Waals surface area contributed by atoms with Crippen LogP contribution in [0.5, 0.6) is 0 Å². The van der Waals surface area contributed by atoms with Crippen LogP contribution >= 0.6 is 0 Å². The zero-order valence-electron chi connectivity index (χ0n) is 8.57. The van der Waals surface area contributed by atoms with Crippen molar-refractivity contribution in [1.82, 2.24) is 9.97 Å². The Morgan fingerprint density at radius 3 is 2.57 bits per heavy atom. The largest absolute Gasteiger partial charge is 0.390 e. The molecule has 0 radical (unpaired) electrons. The molecule has 1 rings (SSSR count). The fraction of sp³-hybridized carbons (Fsp3) is 0.500. The van der Waals surface area contributed by atoms with Crippen LogP contribution in [0.2, 0.25) is 0 Å². The second kappa shape index (κ2) is 3.72. The monoisotopic (exact) mass is 191 g/mol. The molecule has 0 amide bonds. The first kappa shape index (κ1) is 10.6. The molecule has 74 valence electrons. The summed E-state index contributed by atoms with van der Waals surface area (Å²) < 4.78 is 0. The van der Waals surface area contributed by atoms with E-state index in [1.807, 2.05) is 26.8 Å². The fourth-order valence-electron chi connectivity index (χ4n) is 1.13. The van der Waals surface area contributed by atoms with Crippen LogP contribution in [-0.4, -0.2) is 15.1 Å². The van der Waals surface area contributed by atoms with E-state index in [2.05, 4.69) is 9.97 Å². The van der Waals surface area contributed by atoms with Crippen molar-refractivity contribution >= 4 is 0 Å². The van der Waals surface area contributed by atoms with Crippen molar-refractivity contribution in [3.63, 3.8) is 0 Å². The minimum absolute atomic E-state index is 0.188. The average molecular weight is 191 g/mol. The third-order valence-electron chi connectivity index (χ3n) is 1.80. The Kier molecular flexibility index (Phi) is 2.82. The van der Waals surface area contributed by atoms with Crippen LogP contribution in [0.4, 0.5) is 0 Å². The molecule has 0 saturated carbocycles. The van der Waals surface area contributed by atoms with Gasteiger partial charge in [0.15, 0.2) is 5.69 Å². The molecule has 0 aliphatic rings. The van der Waals surface area contributed by atoms with Gasteiger partial charge in [0.2, 0.25) is 0 Å². The zero-order chi connectivity index (χ0) is 10.8. The molecule has 14 heavy (non-hydrogen) atoms. The molecule has 0 aromatic carbocycles. The molecule has 0 unspecified atom stereocenters. The summed E-state index contributed by atoms with van der Waals surface area (Å²) in [7, 11) is 0. The van der Waals surface area contributed by atoms with Crippen LogP contribution in [0.3, 0.4) is 0 Å². The van der Waals surface area contributed by atoms with Crippen LogP contribution in [0.1, 0.15) is 37.9 Å². The highest BCUT2D eigenvalue weighted by atomic mass is 16.3. The van der Waals surface area contributed by atoms with E-state index in [4.69, 9.17) is 10.4 Å². The van der Waals surface area contributed by atoms with Crippen molar-refractivity contribution in [2.45, 2.75) is 32.8 Å². The first-order valence-electron chi connectivity index (χ1n) is 4.36. The van der Waals surface area contributed by atoms with Gasteiger partial charge in [0.25, 0.3) is 0 Å². The van der Waals surface area contributed by atoms with Gasteiger partial charge in [-0.1, -0.05) is 20.8 Å². The number of hydrogen-bond acceptors (Lipinski definition) is 4. The minimum Gasteiger partial charge on any atom is -0.390 e. The van der Waals surface area contributed by atoms with Crippen molar-refractivity contribution in [3.8, 4) is 6.07 Å². The lowest BCUT2D eigenvalue weighted by molar-refractivity contribution is 0.276. The molecule has 0 spiro atoms. The fourth-order valence-corrected chi connectivity index (χ4v) is 1.13. The highest BCUT2D eigenvalue weighted by molar-refractivity contribution is 5.31. The summed E-state index contributed by atoms with van der Waals surface area (Å²) in [5.41, 5.74) is 1.18. The van der Waals surface area contributed by atoms with Gasteiger partial charge >= 0.3 is 0 Å². The van der Waals surface area contributed by atoms with Crippen molar-refractivity contribution in [1.29, 1.82) is 5.26 Å². The normalized spacial score (nSPS) is 11.1. The average Bonchev–Trinajstić information content (AvgIpc) is 2.15. The molecule has 1 aromatic rings. The standard InChI is InChI=1S/C10H13N3O/c1-10(2,3)9-8(4-11)13-7(6-14)5-12-9/h5,14H,6H2,1-3H3. The van der Waals surface area contributed by atoms with Gasteiger partial charge < -0.3 is 5.11 Å². The SMILES string of the molecule is CC(C)(C)c1ncc(CO)nc1C#N. The Morgan fingerprint density at radius 2 is 2.14 bits per heavy atom. The number of aliphatic hydroxyl groups is 1. The van der Waals surface area contributed by atoms with E-state index in [0.29, 0.717) is 17.1 Å². The maximum atomic E-state index is 8.87. The summed E-state index contributed by atoms with van der Waals surface area (Å²) in [6, 6.07) is 1.99. The zero-order valence-corrected chi connectivity index (χ0v) is 8.57. The van der Waals surface area contributed by atoms with E-state index in [1.165, 1.54) is 6.20 Å². The summed E-state index contributed by atoms with van der Waals surface area (Å²) in [5, 5.41) is 17.7. The minimum atomic E-state index is -0.202. The summed E-state index contributed by atoms with van der Waals surface area (Å²) in [6.45, 7) is 5.72. The van der Waals surface area contributed by atoms with E-state index >= 15 is 0 Å². The Morgan fingerprint density at radius 1 is 1.50 bits per heavy atom. The first-order valence-corrected chi connectivity index (χ1v) is 4.36. The second-order valence-electron chi connectivity index (χ2n) is 4.08. The molecule has 0 fully saturated rings. The third kappa shape index (κ3) is 2.06. The van der Waals surface area contributed by atoms with Crippen LogP contribution in [0.25, 0.3) is 0 Å². The van der Waals surface area contributed by atoms with Gasteiger partial charge in [-0.25, -0.2) is 4.98 Å². The quantitative estimate of drug-likeness (QED) is 0.722. The van der Waals surface area contributed by atoms with Gasteiger partial charge in [0, 0.05) is 5.41 Å². The molecule has 1 aromatic heterocycles. The van der Waals surface area contributed by atoms with Crippen molar-refractivity contribution in [2.75, 3.05) is 0 Å². The Balaban J connectivity index is 3.28. The predicted molar refractivity (Wildman–Crippen MR) is 51.4 cm³/mol. The summed E-state index contributed by atoms with van der Waals surface area (Å²) >= 11 is 0. The Labute approximate surface area is 83.2 Å². The smallest absolute Gasteiger partial charge is 0.162 e. The van der Waals surface area contributed by atoms with E-state index in [0.717, 1.165) is 0 Å². The van der Waals surface area contributed by atoms with Gasteiger partial charge in [-0.05, 0) is 0 Å². The lowest BCUT2D eigenvalue weighted by atomic mass is 9.90. The third-order valence-corrected chi connectivity index (χ3v) is 1.80. The number of nitriles is 1. The maximum absolute atomic E-state index is 8.87. The summed E-state index contributed by atoms with van der Waals surface area (Å²) in [6.07, 6.45) is 1.50. The summed E-state index contributed by atoms with van der Waals surface area (Å²) in [5.74, 6) is 0. The molecule has 0 aliphatic heterocycles. The van der Waals surface area contributed by atoms with Gasteiger partial charge in [0.05, 0.1) is 24.2 Å². The molecule has 0 aliphatic carbocycles. The highest BCUT2D eigenvalue weighted by Crippen LogP contribution is 2.22. The molecule has 4 nitrogen and oxygen atoms in total. The number of nitrogens with zero attached hydrogens (tertiary/aromatic N) is 3. The number of rotatable bonds is 1. The molecule has 4 heteroatoms. The Hall–Kier alpha value is -1.47. The van der Waals surface area contributed by atoms with Crippen molar-refractivity contribution in [3.05, 3.63) is 23.3 Å². The number of hydrogen-bond donors (Lipinski definition) is 1. The first-order chi connectivity index (χ1) is 6.49. The molecule has 1 heterocycles. The van der Waals surface area contributed by atoms with E-state index in [9.17, 15) is 0 Å². The van der Waals surface area contributed by atoms with Crippen LogP contribution in [0, 0.1) is 11.3 Å². The predicted octanol–water partition coefficient (Wildman–Crippen LogP) is 1.14. The molecule has 1 N–H and O–H groups in total. The lowest BCUT2D eigenvalue weighted by Crippen LogP contribution is -2.17. The molecular weight excluding hydrogens is 178 g/mol. The van der Waals surface area contributed by atoms with E-state index in [1.54, 1.807) is 0 Å². The highest BCUT2D eigenvalue weighted by Gasteiger charge is 2.20. The summed E-state index contributed by atoms with van der Waals surface area (Å²) in [4.78, 5) is 8.15. The second-order valence-corrected chi connectivity index (χ2v) is 4.08. The van der Waals surface area contributed by atoms with E-state index in [-0.39, 0.29) is 12.0 Å². The van der Waals surface area contributed by atoms with Gasteiger partial charge in [-0.3, -0.25) is 4.98 Å². The Bertz CT molecular complexity index is 374. The van der Waals surface area contributed by atoms with Crippen LogP contribution < -0.4 is 0 Å². The molecule has 0 atom stereocenters.